The second-order valence-corrected chi connectivity index (χ2v) is 5.06. The highest BCUT2D eigenvalue weighted by atomic mass is 16.1. The molecule has 2 saturated heterocycles. The summed E-state index contributed by atoms with van der Waals surface area (Å²) in [4.78, 5) is 16.6. The zero-order chi connectivity index (χ0) is 11.0. The van der Waals surface area contributed by atoms with Crippen molar-refractivity contribution in [3.63, 3.8) is 0 Å². The van der Waals surface area contributed by atoms with E-state index in [4.69, 9.17) is 5.73 Å². The van der Waals surface area contributed by atoms with E-state index in [1.54, 1.807) is 0 Å². The molecule has 4 nitrogen and oxygen atoms in total. The van der Waals surface area contributed by atoms with E-state index in [2.05, 4.69) is 23.8 Å². The molecule has 0 saturated carbocycles. The zero-order valence-electron chi connectivity index (χ0n) is 9.65. The summed E-state index contributed by atoms with van der Waals surface area (Å²) in [7, 11) is 2.11. The molecule has 0 aromatic carbocycles. The molecule has 2 bridgehead atoms. The van der Waals surface area contributed by atoms with Crippen LogP contribution in [0.2, 0.25) is 0 Å². The Balaban J connectivity index is 2.06. The molecule has 86 valence electrons. The van der Waals surface area contributed by atoms with Crippen molar-refractivity contribution in [2.45, 2.75) is 13.0 Å². The lowest BCUT2D eigenvalue weighted by atomic mass is 9.83. The fourth-order valence-electron chi connectivity index (χ4n) is 2.79. The zero-order valence-corrected chi connectivity index (χ0v) is 9.65. The molecule has 0 spiro atoms. The number of nitrogens with zero attached hydrogens (tertiary/aromatic N) is 2. The minimum absolute atomic E-state index is 0.219. The van der Waals surface area contributed by atoms with Gasteiger partial charge in [0.15, 0.2) is 0 Å². The lowest BCUT2D eigenvalue weighted by molar-refractivity contribution is -0.137. The first kappa shape index (κ1) is 11.0. The molecule has 0 aliphatic carbocycles. The molecule has 2 fully saturated rings. The molecule has 2 N–H and O–H groups in total. The van der Waals surface area contributed by atoms with Gasteiger partial charge >= 0.3 is 0 Å². The number of likely N-dealkylation sites (tertiary alicyclic amines) is 2. The third kappa shape index (κ3) is 2.07. The van der Waals surface area contributed by atoms with E-state index in [0.29, 0.717) is 18.4 Å². The smallest absolute Gasteiger partial charge is 0.144 e. The predicted molar refractivity (Wildman–Crippen MR) is 59.6 cm³/mol. The van der Waals surface area contributed by atoms with Gasteiger partial charge in [0.05, 0.1) is 0 Å². The van der Waals surface area contributed by atoms with Crippen LogP contribution >= 0.6 is 0 Å². The third-order valence-corrected chi connectivity index (χ3v) is 3.74. The van der Waals surface area contributed by atoms with Crippen LogP contribution < -0.4 is 5.73 Å². The molecule has 2 aliphatic rings. The third-order valence-electron chi connectivity index (χ3n) is 3.74. The Morgan fingerprint density at radius 2 is 1.87 bits per heavy atom. The lowest BCUT2D eigenvalue weighted by Gasteiger charge is -2.45. The van der Waals surface area contributed by atoms with Crippen molar-refractivity contribution in [1.29, 1.82) is 0 Å². The van der Waals surface area contributed by atoms with Crippen molar-refractivity contribution in [1.82, 2.24) is 9.80 Å². The number of rotatable bonds is 2. The van der Waals surface area contributed by atoms with Crippen LogP contribution in [-0.2, 0) is 4.79 Å². The first-order valence-electron chi connectivity index (χ1n) is 5.78. The van der Waals surface area contributed by atoms with Crippen LogP contribution in [0.3, 0.4) is 0 Å². The average molecular weight is 211 g/mol. The highest BCUT2D eigenvalue weighted by molar-refractivity contribution is 5.85. The van der Waals surface area contributed by atoms with Crippen molar-refractivity contribution >= 4 is 5.78 Å². The van der Waals surface area contributed by atoms with Crippen LogP contribution in [0.25, 0.3) is 0 Å². The second kappa shape index (κ2) is 4.20. The number of carbonyl (C=O) groups is 1. The van der Waals surface area contributed by atoms with Gasteiger partial charge in [0.1, 0.15) is 5.78 Å². The average Bonchev–Trinajstić information content (AvgIpc) is 2.19. The van der Waals surface area contributed by atoms with Gasteiger partial charge in [-0.1, -0.05) is 0 Å². The monoisotopic (exact) mass is 211 g/mol. The van der Waals surface area contributed by atoms with Gasteiger partial charge in [-0.15, -0.1) is 0 Å². The molecule has 3 atom stereocenters. The molecule has 4 heteroatoms. The lowest BCUT2D eigenvalue weighted by Crippen LogP contribution is -2.59. The molecule has 0 aromatic heterocycles. The highest BCUT2D eigenvalue weighted by Crippen LogP contribution is 2.25. The van der Waals surface area contributed by atoms with Gasteiger partial charge in [-0.05, 0) is 14.0 Å². The van der Waals surface area contributed by atoms with Crippen molar-refractivity contribution in [2.75, 3.05) is 39.8 Å². The van der Waals surface area contributed by atoms with Crippen molar-refractivity contribution in [2.24, 2.45) is 17.6 Å². The van der Waals surface area contributed by atoms with Crippen LogP contribution in [0.1, 0.15) is 6.92 Å². The molecule has 15 heavy (non-hydrogen) atoms. The fourth-order valence-corrected chi connectivity index (χ4v) is 2.79. The molecule has 2 rings (SSSR count). The summed E-state index contributed by atoms with van der Waals surface area (Å²) in [6, 6.07) is 0.409. The fraction of sp³-hybridized carbons (Fsp3) is 0.909. The normalized spacial score (nSPS) is 35.5. The summed E-state index contributed by atoms with van der Waals surface area (Å²) in [5.74, 6) is 0.918. The van der Waals surface area contributed by atoms with Crippen LogP contribution in [0.15, 0.2) is 0 Å². The quantitative estimate of drug-likeness (QED) is 0.662. The van der Waals surface area contributed by atoms with Crippen LogP contribution in [0.5, 0.6) is 0 Å². The van der Waals surface area contributed by atoms with Gasteiger partial charge in [0, 0.05) is 50.6 Å². The molecule has 0 radical (unpaired) electrons. The van der Waals surface area contributed by atoms with E-state index < -0.39 is 0 Å². The first-order chi connectivity index (χ1) is 7.11. The Morgan fingerprint density at radius 3 is 2.33 bits per heavy atom. The van der Waals surface area contributed by atoms with Gasteiger partial charge in [0.2, 0.25) is 0 Å². The summed E-state index contributed by atoms with van der Waals surface area (Å²) < 4.78 is 0. The summed E-state index contributed by atoms with van der Waals surface area (Å²) in [6.45, 7) is 6.47. The Bertz CT molecular complexity index is 238. The van der Waals surface area contributed by atoms with Gasteiger partial charge in [0.25, 0.3) is 0 Å². The minimum Gasteiger partial charge on any atom is -0.329 e. The highest BCUT2D eigenvalue weighted by Gasteiger charge is 2.40. The van der Waals surface area contributed by atoms with E-state index in [9.17, 15) is 4.79 Å². The molecule has 3 unspecified atom stereocenters. The summed E-state index contributed by atoms with van der Waals surface area (Å²) in [6.07, 6.45) is 0. The summed E-state index contributed by atoms with van der Waals surface area (Å²) >= 11 is 0. The Hall–Kier alpha value is -0.450. The van der Waals surface area contributed by atoms with Crippen molar-refractivity contribution in [3.05, 3.63) is 0 Å². The number of fused-ring (bicyclic) bond motifs is 2. The standard InChI is InChI=1S/C11H21N3O/c1-8(3-12)14-6-9-4-13(2)5-10(7-14)11(9)15/h8-10H,3-7,12H2,1-2H3. The number of hydrogen-bond donors (Lipinski definition) is 1. The first-order valence-corrected chi connectivity index (χ1v) is 5.78. The van der Waals surface area contributed by atoms with Gasteiger partial charge in [-0.2, -0.15) is 0 Å². The van der Waals surface area contributed by atoms with Crippen molar-refractivity contribution in [3.8, 4) is 0 Å². The van der Waals surface area contributed by atoms with Gasteiger partial charge in [-0.25, -0.2) is 0 Å². The topological polar surface area (TPSA) is 49.6 Å². The molecule has 2 heterocycles. The molecule has 2 aliphatic heterocycles. The molecular weight excluding hydrogens is 190 g/mol. The number of carbonyl (C=O) groups excluding carboxylic acids is 1. The molecule has 0 aromatic rings. The Kier molecular flexibility index (Phi) is 3.09. The van der Waals surface area contributed by atoms with Crippen LogP contribution in [0.4, 0.5) is 0 Å². The van der Waals surface area contributed by atoms with Gasteiger partial charge < -0.3 is 10.6 Å². The van der Waals surface area contributed by atoms with E-state index in [-0.39, 0.29) is 11.8 Å². The van der Waals surface area contributed by atoms with E-state index in [1.807, 2.05) is 0 Å². The maximum absolute atomic E-state index is 11.9. The largest absolute Gasteiger partial charge is 0.329 e. The summed E-state index contributed by atoms with van der Waals surface area (Å²) in [5.41, 5.74) is 5.68. The van der Waals surface area contributed by atoms with Crippen molar-refractivity contribution < 1.29 is 4.79 Å². The van der Waals surface area contributed by atoms with E-state index >= 15 is 0 Å². The number of piperidine rings is 2. The van der Waals surface area contributed by atoms with Crippen LogP contribution in [0, 0.1) is 11.8 Å². The minimum atomic E-state index is 0.219. The predicted octanol–water partition coefficient (Wildman–Crippen LogP) is -0.604. The SMILES string of the molecule is CC(CN)N1CC2CN(C)CC(C1)C2=O. The number of hydrogen-bond acceptors (Lipinski definition) is 4. The maximum Gasteiger partial charge on any atom is 0.144 e. The second-order valence-electron chi connectivity index (χ2n) is 5.06. The van der Waals surface area contributed by atoms with Gasteiger partial charge in [-0.3, -0.25) is 9.69 Å². The number of nitrogens with two attached hydrogens (primary N) is 1. The van der Waals surface area contributed by atoms with E-state index in [1.165, 1.54) is 0 Å². The number of Topliss-reactive ketones (excluding diaryl/α,β-unsaturated/α-hetero) is 1. The Morgan fingerprint density at radius 1 is 1.33 bits per heavy atom. The van der Waals surface area contributed by atoms with Crippen LogP contribution in [-0.4, -0.2) is 61.4 Å². The summed E-state index contributed by atoms with van der Waals surface area (Å²) in [5, 5.41) is 0. The Labute approximate surface area is 91.4 Å². The molecular formula is C11H21N3O. The maximum atomic E-state index is 11.9. The molecule has 0 amide bonds. The van der Waals surface area contributed by atoms with E-state index in [0.717, 1.165) is 26.2 Å². The number of ketones is 1.